The molecule has 0 saturated carbocycles. The third kappa shape index (κ3) is 2.32. The number of hydrogen-bond donors (Lipinski definition) is 1. The van der Waals surface area contributed by atoms with Crippen molar-refractivity contribution in [1.29, 1.82) is 5.26 Å². The van der Waals surface area contributed by atoms with Gasteiger partial charge in [0.15, 0.2) is 0 Å². The largest absolute Gasteiger partial charge is 0.355 e. The van der Waals surface area contributed by atoms with E-state index in [-0.39, 0.29) is 0 Å². The van der Waals surface area contributed by atoms with Gasteiger partial charge < -0.3 is 5.32 Å². The lowest BCUT2D eigenvalue weighted by Gasteiger charge is -2.10. The number of rotatable bonds is 2. The minimum atomic E-state index is 0.637. The molecule has 96 valence electrons. The molecule has 0 saturated heterocycles. The van der Waals surface area contributed by atoms with Crippen molar-refractivity contribution in [2.24, 2.45) is 0 Å². The van der Waals surface area contributed by atoms with Crippen molar-refractivity contribution in [1.82, 2.24) is 4.98 Å². The van der Waals surface area contributed by atoms with E-state index in [0.29, 0.717) is 5.56 Å². The highest BCUT2D eigenvalue weighted by atomic mass is 14.9. The molecule has 3 aromatic rings. The SMILES string of the molecule is Cc1ccc(Nc2ccnc3ccc(C#N)cc23)cc1. The molecule has 0 aliphatic rings. The van der Waals surface area contributed by atoms with Crippen molar-refractivity contribution in [3.05, 3.63) is 65.9 Å². The highest BCUT2D eigenvalue weighted by molar-refractivity contribution is 5.93. The Morgan fingerprint density at radius 3 is 2.60 bits per heavy atom. The van der Waals surface area contributed by atoms with Crippen LogP contribution in [0.1, 0.15) is 11.1 Å². The highest BCUT2D eigenvalue weighted by Crippen LogP contribution is 2.26. The standard InChI is InChI=1S/C17H13N3/c1-12-2-5-14(6-3-12)20-17-8-9-19-16-7-4-13(11-18)10-15(16)17/h2-10H,1H3,(H,19,20). The Bertz CT molecular complexity index is 799. The maximum Gasteiger partial charge on any atom is 0.0991 e. The molecule has 0 amide bonds. The number of nitrogens with zero attached hydrogens (tertiary/aromatic N) is 2. The lowest BCUT2D eigenvalue weighted by atomic mass is 10.1. The molecule has 0 aliphatic carbocycles. The zero-order chi connectivity index (χ0) is 13.9. The zero-order valence-electron chi connectivity index (χ0n) is 11.1. The van der Waals surface area contributed by atoms with E-state index in [1.165, 1.54) is 5.56 Å². The molecule has 0 bridgehead atoms. The number of hydrogen-bond acceptors (Lipinski definition) is 3. The molecular formula is C17H13N3. The van der Waals surface area contributed by atoms with Crippen LogP contribution in [0.3, 0.4) is 0 Å². The number of aromatic nitrogens is 1. The first-order valence-electron chi connectivity index (χ1n) is 6.39. The van der Waals surface area contributed by atoms with Crippen LogP contribution in [-0.4, -0.2) is 4.98 Å². The Hall–Kier alpha value is -2.86. The van der Waals surface area contributed by atoms with Crippen molar-refractivity contribution in [2.45, 2.75) is 6.92 Å². The quantitative estimate of drug-likeness (QED) is 0.751. The van der Waals surface area contributed by atoms with Crippen molar-refractivity contribution in [3.63, 3.8) is 0 Å². The van der Waals surface area contributed by atoms with Gasteiger partial charge in [0.25, 0.3) is 0 Å². The van der Waals surface area contributed by atoms with Gasteiger partial charge in [0.05, 0.1) is 17.1 Å². The minimum absolute atomic E-state index is 0.637. The van der Waals surface area contributed by atoms with Crippen LogP contribution in [0.15, 0.2) is 54.7 Å². The van der Waals surface area contributed by atoms with Gasteiger partial charge >= 0.3 is 0 Å². The average molecular weight is 259 g/mol. The monoisotopic (exact) mass is 259 g/mol. The minimum Gasteiger partial charge on any atom is -0.355 e. The molecule has 1 aromatic heterocycles. The number of fused-ring (bicyclic) bond motifs is 1. The molecule has 0 fully saturated rings. The van der Waals surface area contributed by atoms with E-state index in [9.17, 15) is 0 Å². The normalized spacial score (nSPS) is 10.2. The van der Waals surface area contributed by atoms with Crippen LogP contribution in [0.2, 0.25) is 0 Å². The van der Waals surface area contributed by atoms with Gasteiger partial charge in [-0.15, -0.1) is 0 Å². The number of aryl methyl sites for hydroxylation is 1. The van der Waals surface area contributed by atoms with Crippen LogP contribution < -0.4 is 5.32 Å². The second-order valence-electron chi connectivity index (χ2n) is 4.69. The molecule has 3 heteroatoms. The van der Waals surface area contributed by atoms with Crippen LogP contribution in [0, 0.1) is 18.3 Å². The fourth-order valence-electron chi connectivity index (χ4n) is 2.12. The van der Waals surface area contributed by atoms with Gasteiger partial charge in [0, 0.05) is 23.0 Å². The number of nitriles is 1. The summed E-state index contributed by atoms with van der Waals surface area (Å²) in [6.45, 7) is 2.06. The number of benzene rings is 2. The van der Waals surface area contributed by atoms with E-state index in [1.807, 2.05) is 30.3 Å². The van der Waals surface area contributed by atoms with E-state index in [1.54, 1.807) is 12.3 Å². The fraction of sp³-hybridized carbons (Fsp3) is 0.0588. The molecule has 2 aromatic carbocycles. The molecule has 3 rings (SSSR count). The third-order valence-corrected chi connectivity index (χ3v) is 3.20. The van der Waals surface area contributed by atoms with Crippen LogP contribution in [0.5, 0.6) is 0 Å². The lowest BCUT2D eigenvalue weighted by molar-refractivity contribution is 1.39. The summed E-state index contributed by atoms with van der Waals surface area (Å²) in [5.41, 5.74) is 4.71. The molecule has 1 heterocycles. The molecule has 20 heavy (non-hydrogen) atoms. The molecule has 0 radical (unpaired) electrons. The van der Waals surface area contributed by atoms with Gasteiger partial charge in [0.2, 0.25) is 0 Å². The van der Waals surface area contributed by atoms with Gasteiger partial charge in [-0.05, 0) is 43.3 Å². The van der Waals surface area contributed by atoms with Crippen molar-refractivity contribution < 1.29 is 0 Å². The summed E-state index contributed by atoms with van der Waals surface area (Å²) in [6.07, 6.45) is 1.77. The molecule has 0 aliphatic heterocycles. The second-order valence-corrected chi connectivity index (χ2v) is 4.69. The molecule has 0 unspecified atom stereocenters. The van der Waals surface area contributed by atoms with Crippen LogP contribution in [0.25, 0.3) is 10.9 Å². The van der Waals surface area contributed by atoms with Crippen molar-refractivity contribution in [2.75, 3.05) is 5.32 Å². The predicted octanol–water partition coefficient (Wildman–Crippen LogP) is 4.16. The predicted molar refractivity (Wildman–Crippen MR) is 80.9 cm³/mol. The molecule has 0 atom stereocenters. The average Bonchev–Trinajstić information content (AvgIpc) is 2.49. The first kappa shape index (κ1) is 12.2. The van der Waals surface area contributed by atoms with Crippen LogP contribution >= 0.6 is 0 Å². The van der Waals surface area contributed by atoms with Gasteiger partial charge in [-0.25, -0.2) is 0 Å². The van der Waals surface area contributed by atoms with Gasteiger partial charge in [-0.3, -0.25) is 4.98 Å². The Labute approximate surface area is 117 Å². The summed E-state index contributed by atoms with van der Waals surface area (Å²) in [4.78, 5) is 4.32. The Balaban J connectivity index is 2.06. The molecule has 3 nitrogen and oxygen atoms in total. The number of nitrogens with one attached hydrogen (secondary N) is 1. The Kier molecular flexibility index (Phi) is 3.06. The molecular weight excluding hydrogens is 246 g/mol. The van der Waals surface area contributed by atoms with Gasteiger partial charge in [-0.1, -0.05) is 17.7 Å². The summed E-state index contributed by atoms with van der Waals surface area (Å²) < 4.78 is 0. The summed E-state index contributed by atoms with van der Waals surface area (Å²) >= 11 is 0. The Morgan fingerprint density at radius 2 is 1.85 bits per heavy atom. The summed E-state index contributed by atoms with van der Waals surface area (Å²) in [5, 5.41) is 13.3. The summed E-state index contributed by atoms with van der Waals surface area (Å²) in [6, 6.07) is 17.8. The van der Waals surface area contributed by atoms with Gasteiger partial charge in [0.1, 0.15) is 0 Å². The van der Waals surface area contributed by atoms with E-state index < -0.39 is 0 Å². The topological polar surface area (TPSA) is 48.7 Å². The highest BCUT2D eigenvalue weighted by Gasteiger charge is 2.03. The zero-order valence-corrected chi connectivity index (χ0v) is 11.1. The number of pyridine rings is 1. The van der Waals surface area contributed by atoms with Crippen LogP contribution in [0.4, 0.5) is 11.4 Å². The van der Waals surface area contributed by atoms with Crippen LogP contribution in [-0.2, 0) is 0 Å². The van der Waals surface area contributed by atoms with Crippen molar-refractivity contribution in [3.8, 4) is 6.07 Å². The molecule has 0 spiro atoms. The fourth-order valence-corrected chi connectivity index (χ4v) is 2.12. The van der Waals surface area contributed by atoms with E-state index in [0.717, 1.165) is 22.3 Å². The van der Waals surface area contributed by atoms with Crippen molar-refractivity contribution >= 4 is 22.3 Å². The summed E-state index contributed by atoms with van der Waals surface area (Å²) in [5.74, 6) is 0. The van der Waals surface area contributed by atoms with E-state index in [4.69, 9.17) is 5.26 Å². The third-order valence-electron chi connectivity index (χ3n) is 3.20. The summed E-state index contributed by atoms with van der Waals surface area (Å²) in [7, 11) is 0. The Morgan fingerprint density at radius 1 is 1.05 bits per heavy atom. The lowest BCUT2D eigenvalue weighted by Crippen LogP contribution is -1.93. The first-order chi connectivity index (χ1) is 9.76. The molecule has 1 N–H and O–H groups in total. The smallest absolute Gasteiger partial charge is 0.0991 e. The van der Waals surface area contributed by atoms with E-state index in [2.05, 4.69) is 35.4 Å². The maximum absolute atomic E-state index is 9.02. The van der Waals surface area contributed by atoms with E-state index >= 15 is 0 Å². The van der Waals surface area contributed by atoms with Gasteiger partial charge in [-0.2, -0.15) is 5.26 Å². The first-order valence-corrected chi connectivity index (χ1v) is 6.39. The second kappa shape index (κ2) is 5.02. The number of anilines is 2. The maximum atomic E-state index is 9.02.